The minimum absolute atomic E-state index is 0.221. The Morgan fingerprint density at radius 1 is 1.28 bits per heavy atom. The summed E-state index contributed by atoms with van der Waals surface area (Å²) in [5.74, 6) is -1.23. The summed E-state index contributed by atoms with van der Waals surface area (Å²) in [5, 5.41) is 23.5. The van der Waals surface area contributed by atoms with Gasteiger partial charge in [0.25, 0.3) is 0 Å². The minimum atomic E-state index is -1.41. The van der Waals surface area contributed by atoms with E-state index in [1.54, 1.807) is 30.3 Å². The molecule has 1 aromatic rings. The van der Waals surface area contributed by atoms with Crippen LogP contribution >= 0.6 is 0 Å². The summed E-state index contributed by atoms with van der Waals surface area (Å²) in [6.45, 7) is 7.49. The average Bonchev–Trinajstić information content (AvgIpc) is 2.54. The second-order valence-electron chi connectivity index (χ2n) is 6.84. The first-order chi connectivity index (χ1) is 11.7. The summed E-state index contributed by atoms with van der Waals surface area (Å²) in [5.41, 5.74) is -0.00776. The van der Waals surface area contributed by atoms with Gasteiger partial charge in [-0.1, -0.05) is 30.3 Å². The zero-order valence-corrected chi connectivity index (χ0v) is 15.0. The molecule has 7 nitrogen and oxygen atoms in total. The number of aliphatic hydroxyl groups excluding tert-OH is 1. The lowest BCUT2D eigenvalue weighted by atomic mass is 10.1. The van der Waals surface area contributed by atoms with E-state index in [9.17, 15) is 9.59 Å². The molecule has 1 saturated heterocycles. The van der Waals surface area contributed by atoms with Crippen LogP contribution in [0, 0.1) is 0 Å². The van der Waals surface area contributed by atoms with E-state index in [2.05, 4.69) is 10.6 Å². The maximum atomic E-state index is 11.4. The summed E-state index contributed by atoms with van der Waals surface area (Å²) >= 11 is 0. The van der Waals surface area contributed by atoms with Gasteiger partial charge < -0.3 is 25.6 Å². The molecule has 2 atom stereocenters. The summed E-state index contributed by atoms with van der Waals surface area (Å²) < 4.78 is 5.16. The van der Waals surface area contributed by atoms with Crippen LogP contribution in [0.4, 0.5) is 4.79 Å². The monoisotopic (exact) mass is 352 g/mol. The lowest BCUT2D eigenvalue weighted by molar-refractivity contribution is -0.146. The molecule has 7 heteroatoms. The standard InChI is InChI=1S/C10H20N2O2.C8H8O3/c1-10(2,3)14-9(13)12-8-5-4-6-11-7-8;9-7(8(10)11)6-4-2-1-3-5-6/h8,11H,4-7H2,1-3H3,(H,12,13);1-5,7,9H,(H,10,11)/t;7-/m.1/s1. The molecule has 1 amide bonds. The minimum Gasteiger partial charge on any atom is -0.479 e. The second-order valence-corrected chi connectivity index (χ2v) is 6.84. The highest BCUT2D eigenvalue weighted by atomic mass is 16.6. The van der Waals surface area contributed by atoms with Gasteiger partial charge in [0.2, 0.25) is 0 Å². The predicted octanol–water partition coefficient (Wildman–Crippen LogP) is 2.07. The second kappa shape index (κ2) is 10.0. The SMILES string of the molecule is CC(C)(C)OC(=O)NC1CCCNC1.O=C(O)[C@H](O)c1ccccc1. The molecule has 0 aromatic heterocycles. The van der Waals surface area contributed by atoms with Gasteiger partial charge in [0.05, 0.1) is 0 Å². The van der Waals surface area contributed by atoms with Crippen molar-refractivity contribution in [1.82, 2.24) is 10.6 Å². The number of aliphatic hydroxyl groups is 1. The van der Waals surface area contributed by atoms with Gasteiger partial charge in [-0.3, -0.25) is 0 Å². The first kappa shape index (κ1) is 20.9. The van der Waals surface area contributed by atoms with Crippen molar-refractivity contribution in [1.29, 1.82) is 0 Å². The van der Waals surface area contributed by atoms with Crippen LogP contribution in [0.5, 0.6) is 0 Å². The number of hydrogen-bond donors (Lipinski definition) is 4. The van der Waals surface area contributed by atoms with Crippen LogP contribution in [0.1, 0.15) is 45.3 Å². The average molecular weight is 352 g/mol. The van der Waals surface area contributed by atoms with E-state index >= 15 is 0 Å². The number of ether oxygens (including phenoxy) is 1. The third kappa shape index (κ3) is 9.07. The van der Waals surface area contributed by atoms with Gasteiger partial charge in [-0.15, -0.1) is 0 Å². The zero-order chi connectivity index (χ0) is 18.9. The molecule has 0 spiro atoms. The molecule has 1 aromatic carbocycles. The number of carboxylic acids is 1. The van der Waals surface area contributed by atoms with Crippen LogP contribution in [-0.4, -0.2) is 47.0 Å². The van der Waals surface area contributed by atoms with Gasteiger partial charge in [-0.2, -0.15) is 0 Å². The fourth-order valence-corrected chi connectivity index (χ4v) is 2.23. The Labute approximate surface area is 148 Å². The van der Waals surface area contributed by atoms with Crippen molar-refractivity contribution in [2.45, 2.75) is 51.4 Å². The number of amides is 1. The zero-order valence-electron chi connectivity index (χ0n) is 15.0. The molecule has 2 rings (SSSR count). The first-order valence-corrected chi connectivity index (χ1v) is 8.35. The van der Waals surface area contributed by atoms with E-state index in [-0.39, 0.29) is 12.1 Å². The van der Waals surface area contributed by atoms with Crippen LogP contribution in [0.3, 0.4) is 0 Å². The highest BCUT2D eigenvalue weighted by Crippen LogP contribution is 2.11. The number of aliphatic carboxylic acids is 1. The molecule has 140 valence electrons. The molecule has 1 unspecified atom stereocenters. The molecule has 0 saturated carbocycles. The highest BCUT2D eigenvalue weighted by Gasteiger charge is 2.20. The number of benzene rings is 1. The van der Waals surface area contributed by atoms with Crippen molar-refractivity contribution >= 4 is 12.1 Å². The molecule has 4 N–H and O–H groups in total. The van der Waals surface area contributed by atoms with Crippen LogP contribution in [0.15, 0.2) is 30.3 Å². The quantitative estimate of drug-likeness (QED) is 0.663. The number of carbonyl (C=O) groups excluding carboxylic acids is 1. The number of carboxylic acid groups (broad SMARTS) is 1. The molecular weight excluding hydrogens is 324 g/mol. The molecule has 0 aliphatic carbocycles. The van der Waals surface area contributed by atoms with E-state index in [1.807, 2.05) is 20.8 Å². The molecule has 1 aliphatic heterocycles. The Kier molecular flexibility index (Phi) is 8.37. The number of alkyl carbamates (subject to hydrolysis) is 1. The molecule has 1 aliphatic rings. The normalized spacial score (nSPS) is 18.3. The number of rotatable bonds is 3. The van der Waals surface area contributed by atoms with Crippen LogP contribution in [-0.2, 0) is 9.53 Å². The molecule has 0 bridgehead atoms. The summed E-state index contributed by atoms with van der Waals surface area (Å²) in [4.78, 5) is 21.6. The Bertz CT molecular complexity index is 536. The fourth-order valence-electron chi connectivity index (χ4n) is 2.23. The lowest BCUT2D eigenvalue weighted by Gasteiger charge is -2.26. The lowest BCUT2D eigenvalue weighted by Crippen LogP contribution is -2.47. The largest absolute Gasteiger partial charge is 0.479 e. The van der Waals surface area contributed by atoms with E-state index in [0.717, 1.165) is 25.9 Å². The van der Waals surface area contributed by atoms with Crippen molar-refractivity contribution in [3.8, 4) is 0 Å². The van der Waals surface area contributed by atoms with E-state index in [0.29, 0.717) is 5.56 Å². The molecule has 0 radical (unpaired) electrons. The smallest absolute Gasteiger partial charge is 0.407 e. The number of piperidine rings is 1. The van der Waals surface area contributed by atoms with Gasteiger partial charge in [0, 0.05) is 12.6 Å². The maximum absolute atomic E-state index is 11.4. The molecular formula is C18H28N2O5. The van der Waals surface area contributed by atoms with E-state index in [1.165, 1.54) is 0 Å². The summed E-state index contributed by atoms with van der Waals surface area (Å²) in [7, 11) is 0. The van der Waals surface area contributed by atoms with Crippen LogP contribution < -0.4 is 10.6 Å². The Balaban J connectivity index is 0.000000257. The summed E-state index contributed by atoms with van der Waals surface area (Å²) in [6, 6.07) is 8.48. The van der Waals surface area contributed by atoms with E-state index < -0.39 is 17.7 Å². The van der Waals surface area contributed by atoms with Gasteiger partial charge in [0.1, 0.15) is 5.60 Å². The van der Waals surface area contributed by atoms with Gasteiger partial charge >= 0.3 is 12.1 Å². The highest BCUT2D eigenvalue weighted by molar-refractivity contribution is 5.73. The van der Waals surface area contributed by atoms with Crippen molar-refractivity contribution in [3.63, 3.8) is 0 Å². The topological polar surface area (TPSA) is 108 Å². The Morgan fingerprint density at radius 2 is 1.92 bits per heavy atom. The third-order valence-electron chi connectivity index (χ3n) is 3.37. The first-order valence-electron chi connectivity index (χ1n) is 8.35. The Morgan fingerprint density at radius 3 is 2.40 bits per heavy atom. The van der Waals surface area contributed by atoms with Crippen molar-refractivity contribution in [2.24, 2.45) is 0 Å². The van der Waals surface area contributed by atoms with Gasteiger partial charge in [-0.05, 0) is 45.7 Å². The number of nitrogens with one attached hydrogen (secondary N) is 2. The maximum Gasteiger partial charge on any atom is 0.407 e. The van der Waals surface area contributed by atoms with Gasteiger partial charge in [-0.25, -0.2) is 9.59 Å². The fraction of sp³-hybridized carbons (Fsp3) is 0.556. The Hall–Kier alpha value is -2.12. The van der Waals surface area contributed by atoms with Crippen molar-refractivity contribution in [2.75, 3.05) is 13.1 Å². The van der Waals surface area contributed by atoms with Crippen molar-refractivity contribution < 1.29 is 24.5 Å². The van der Waals surface area contributed by atoms with Crippen LogP contribution in [0.2, 0.25) is 0 Å². The molecule has 25 heavy (non-hydrogen) atoms. The number of carbonyl (C=O) groups is 2. The third-order valence-corrected chi connectivity index (χ3v) is 3.37. The molecule has 1 heterocycles. The van der Waals surface area contributed by atoms with Gasteiger partial charge in [0.15, 0.2) is 6.10 Å². The number of hydrogen-bond acceptors (Lipinski definition) is 5. The predicted molar refractivity (Wildman–Crippen MR) is 94.3 cm³/mol. The summed E-state index contributed by atoms with van der Waals surface area (Å²) in [6.07, 6.45) is 0.426. The molecule has 1 fully saturated rings. The van der Waals surface area contributed by atoms with E-state index in [4.69, 9.17) is 14.9 Å². The van der Waals surface area contributed by atoms with Crippen LogP contribution in [0.25, 0.3) is 0 Å². The van der Waals surface area contributed by atoms with Crippen molar-refractivity contribution in [3.05, 3.63) is 35.9 Å².